The Hall–Kier alpha value is -3.09. The molecule has 4 rings (SSSR count). The van der Waals surface area contributed by atoms with Crippen LogP contribution in [-0.4, -0.2) is 42.7 Å². The minimum Gasteiger partial charge on any atom is -0.350 e. The molecule has 0 saturated heterocycles. The number of hydrogen-bond acceptors (Lipinski definition) is 6. The van der Waals surface area contributed by atoms with Crippen molar-refractivity contribution in [2.24, 2.45) is 15.5 Å². The number of aromatic nitrogens is 4. The van der Waals surface area contributed by atoms with Crippen LogP contribution in [0, 0.1) is 5.41 Å². The molecular formula is C19H21N7. The lowest BCUT2D eigenvalue weighted by Crippen LogP contribution is -2.20. The van der Waals surface area contributed by atoms with Crippen LogP contribution in [0.2, 0.25) is 0 Å². The van der Waals surface area contributed by atoms with Gasteiger partial charge in [0, 0.05) is 36.3 Å². The van der Waals surface area contributed by atoms with E-state index in [1.807, 2.05) is 31.3 Å². The Kier molecular flexibility index (Phi) is 3.79. The summed E-state index contributed by atoms with van der Waals surface area (Å²) in [5, 5.41) is 13.1. The fourth-order valence-corrected chi connectivity index (χ4v) is 3.14. The fraction of sp³-hybridized carbons (Fsp3) is 0.316. The number of hydrogen-bond donors (Lipinski definition) is 0. The summed E-state index contributed by atoms with van der Waals surface area (Å²) in [6.07, 6.45) is 7.96. The first kappa shape index (κ1) is 16.4. The first-order valence-electron chi connectivity index (χ1n) is 8.69. The number of rotatable bonds is 3. The Labute approximate surface area is 152 Å². The van der Waals surface area contributed by atoms with Crippen LogP contribution in [0.25, 0.3) is 11.5 Å². The van der Waals surface area contributed by atoms with Gasteiger partial charge in [0.1, 0.15) is 11.4 Å². The predicted octanol–water partition coefficient (Wildman–Crippen LogP) is 3.08. The summed E-state index contributed by atoms with van der Waals surface area (Å²) >= 11 is 0. The molecule has 0 unspecified atom stereocenters. The van der Waals surface area contributed by atoms with Crippen molar-refractivity contribution in [2.45, 2.75) is 27.7 Å². The molecule has 0 spiro atoms. The Morgan fingerprint density at radius 3 is 2.73 bits per heavy atom. The zero-order valence-corrected chi connectivity index (χ0v) is 15.4. The van der Waals surface area contributed by atoms with E-state index >= 15 is 0 Å². The molecule has 0 amide bonds. The van der Waals surface area contributed by atoms with Crippen LogP contribution in [0.4, 0.5) is 0 Å². The molecular weight excluding hydrogens is 326 g/mol. The van der Waals surface area contributed by atoms with Gasteiger partial charge >= 0.3 is 0 Å². The largest absolute Gasteiger partial charge is 0.350 e. The van der Waals surface area contributed by atoms with Crippen molar-refractivity contribution in [3.63, 3.8) is 0 Å². The van der Waals surface area contributed by atoms with Crippen LogP contribution in [0.1, 0.15) is 33.5 Å². The maximum absolute atomic E-state index is 4.73. The van der Waals surface area contributed by atoms with Crippen molar-refractivity contribution in [3.05, 3.63) is 54.4 Å². The minimum absolute atomic E-state index is 0.0451. The molecule has 7 heteroatoms. The maximum Gasteiger partial charge on any atom is 0.205 e. The van der Waals surface area contributed by atoms with Crippen LogP contribution < -0.4 is 0 Å². The van der Waals surface area contributed by atoms with Gasteiger partial charge in [0.25, 0.3) is 0 Å². The van der Waals surface area contributed by atoms with Crippen LogP contribution in [-0.2, 0) is 0 Å². The zero-order valence-electron chi connectivity index (χ0n) is 15.4. The first-order valence-corrected chi connectivity index (χ1v) is 8.69. The molecule has 0 bridgehead atoms. The highest BCUT2D eigenvalue weighted by Crippen LogP contribution is 2.36. The van der Waals surface area contributed by atoms with Crippen molar-refractivity contribution in [1.82, 2.24) is 24.8 Å². The van der Waals surface area contributed by atoms with E-state index in [9.17, 15) is 0 Å². The summed E-state index contributed by atoms with van der Waals surface area (Å²) < 4.78 is 1.71. The van der Waals surface area contributed by atoms with E-state index < -0.39 is 0 Å². The molecule has 26 heavy (non-hydrogen) atoms. The van der Waals surface area contributed by atoms with Crippen molar-refractivity contribution < 1.29 is 0 Å². The highest BCUT2D eigenvalue weighted by Gasteiger charge is 2.30. The van der Waals surface area contributed by atoms with Crippen molar-refractivity contribution in [1.29, 1.82) is 0 Å². The van der Waals surface area contributed by atoms with E-state index in [1.54, 1.807) is 10.9 Å². The molecule has 7 nitrogen and oxygen atoms in total. The lowest BCUT2D eigenvalue weighted by atomic mass is 9.92. The average Bonchev–Trinajstić information content (AvgIpc) is 3.26. The summed E-state index contributed by atoms with van der Waals surface area (Å²) in [5.74, 6) is 1.27. The molecule has 0 aliphatic carbocycles. The first-order chi connectivity index (χ1) is 12.5. The van der Waals surface area contributed by atoms with E-state index in [1.165, 1.54) is 0 Å². The topological polar surface area (TPSA) is 71.6 Å². The lowest BCUT2D eigenvalue weighted by molar-refractivity contribution is 0.420. The quantitative estimate of drug-likeness (QED) is 0.855. The molecule has 0 N–H and O–H groups in total. The monoisotopic (exact) mass is 347 g/mol. The van der Waals surface area contributed by atoms with E-state index in [-0.39, 0.29) is 5.41 Å². The molecule has 2 aromatic rings. The van der Waals surface area contributed by atoms with Crippen molar-refractivity contribution >= 4 is 11.4 Å². The van der Waals surface area contributed by atoms with E-state index in [0.29, 0.717) is 11.6 Å². The van der Waals surface area contributed by atoms with Gasteiger partial charge in [-0.25, -0.2) is 4.99 Å². The number of fused-ring (bicyclic) bond motifs is 1. The molecule has 2 aliphatic heterocycles. The summed E-state index contributed by atoms with van der Waals surface area (Å²) in [7, 11) is 0. The Morgan fingerprint density at radius 1 is 1.19 bits per heavy atom. The highest BCUT2D eigenvalue weighted by molar-refractivity contribution is 6.48. The molecule has 2 aliphatic rings. The van der Waals surface area contributed by atoms with Crippen LogP contribution in [0.5, 0.6) is 0 Å². The van der Waals surface area contributed by atoms with Gasteiger partial charge in [-0.1, -0.05) is 26.0 Å². The summed E-state index contributed by atoms with van der Waals surface area (Å²) in [5.41, 5.74) is 3.40. The summed E-state index contributed by atoms with van der Waals surface area (Å²) in [6.45, 7) is 9.34. The van der Waals surface area contributed by atoms with Crippen molar-refractivity contribution in [3.8, 4) is 11.5 Å². The second kappa shape index (κ2) is 6.01. The smallest absolute Gasteiger partial charge is 0.205 e. The molecule has 0 radical (unpaired) electrons. The van der Waals surface area contributed by atoms with Gasteiger partial charge in [-0.3, -0.25) is 4.98 Å². The third kappa shape index (κ3) is 2.56. The van der Waals surface area contributed by atoms with Gasteiger partial charge in [0.2, 0.25) is 11.6 Å². The lowest BCUT2D eigenvalue weighted by Gasteiger charge is -2.24. The van der Waals surface area contributed by atoms with Crippen LogP contribution in [0.3, 0.4) is 0 Å². The number of allylic oxidation sites excluding steroid dienone is 1. The van der Waals surface area contributed by atoms with E-state index in [0.717, 1.165) is 29.4 Å². The highest BCUT2D eigenvalue weighted by atomic mass is 15.5. The Bertz CT molecular complexity index is 961. The molecule has 0 aromatic carbocycles. The minimum atomic E-state index is -0.0451. The van der Waals surface area contributed by atoms with Gasteiger partial charge in [0.15, 0.2) is 0 Å². The molecule has 0 atom stereocenters. The molecule has 4 heterocycles. The zero-order chi connectivity index (χ0) is 18.3. The van der Waals surface area contributed by atoms with Gasteiger partial charge in [-0.15, -0.1) is 10.2 Å². The van der Waals surface area contributed by atoms with Gasteiger partial charge < -0.3 is 4.90 Å². The van der Waals surface area contributed by atoms with Crippen molar-refractivity contribution in [2.75, 3.05) is 6.54 Å². The number of nitrogens with zero attached hydrogens (tertiary/aromatic N) is 7. The van der Waals surface area contributed by atoms with Crippen LogP contribution in [0.15, 0.2) is 58.7 Å². The normalized spacial score (nSPS) is 20.9. The second-order valence-electron chi connectivity index (χ2n) is 6.87. The molecule has 2 aromatic heterocycles. The Balaban J connectivity index is 1.74. The fourth-order valence-electron chi connectivity index (χ4n) is 3.14. The third-order valence-electron chi connectivity index (χ3n) is 4.64. The number of aliphatic imine (C=N–C) groups is 1. The molecule has 0 saturated carbocycles. The molecule has 0 fully saturated rings. The van der Waals surface area contributed by atoms with Gasteiger partial charge in [-0.2, -0.15) is 9.78 Å². The summed E-state index contributed by atoms with van der Waals surface area (Å²) in [4.78, 5) is 11.3. The predicted molar refractivity (Wildman–Crippen MR) is 102 cm³/mol. The van der Waals surface area contributed by atoms with Crippen LogP contribution >= 0.6 is 0 Å². The van der Waals surface area contributed by atoms with Gasteiger partial charge in [0.05, 0.1) is 5.71 Å². The summed E-state index contributed by atoms with van der Waals surface area (Å²) in [6, 6.07) is 5.68. The maximum atomic E-state index is 4.73. The third-order valence-corrected chi connectivity index (χ3v) is 4.64. The van der Waals surface area contributed by atoms with E-state index in [2.05, 4.69) is 58.2 Å². The second-order valence-corrected chi connectivity index (χ2v) is 6.87. The standard InChI is InChI=1S/C19H21N7/c1-5-25-11-9-19(3,4)15(25)12-21-16-13(2)24-26-17(22-23-18(16)26)14-8-6-7-10-20-14/h6-12H,5H2,1-4H3. The molecule has 132 valence electrons. The van der Waals surface area contributed by atoms with Gasteiger partial charge in [-0.05, 0) is 26.0 Å². The van der Waals surface area contributed by atoms with E-state index in [4.69, 9.17) is 4.99 Å². The Morgan fingerprint density at radius 2 is 2.00 bits per heavy atom. The SMILES string of the molecule is CCN1C=CC(C)(C)C1=CN=C1C(C)=Nn2c1nnc2-c1ccccn1. The average molecular weight is 347 g/mol. The number of pyridine rings is 1.